The number of fused-ring (bicyclic) bond motifs is 1. The molecule has 5 N–H and O–H groups in total. The molecule has 6 aromatic carbocycles. The van der Waals surface area contributed by atoms with Gasteiger partial charge in [-0.25, -0.2) is 19.4 Å². The van der Waals surface area contributed by atoms with Gasteiger partial charge in [-0.15, -0.1) is 0 Å². The Morgan fingerprint density at radius 2 is 1.06 bits per heavy atom. The van der Waals surface area contributed by atoms with Crippen LogP contribution in [0.3, 0.4) is 0 Å². The van der Waals surface area contributed by atoms with Gasteiger partial charge in [-0.1, -0.05) is 133 Å². The van der Waals surface area contributed by atoms with Gasteiger partial charge in [0.05, 0.1) is 39.4 Å². The van der Waals surface area contributed by atoms with Crippen LogP contribution in [0.25, 0.3) is 0 Å². The Labute approximate surface area is 371 Å². The smallest absolute Gasteiger partial charge is 0.426 e. The summed E-state index contributed by atoms with van der Waals surface area (Å²) in [5, 5.41) is 10.8. The number of imide groups is 1. The number of hydrogen-bond donors (Lipinski definition) is 5. The van der Waals surface area contributed by atoms with E-state index in [1.165, 1.54) is 12.1 Å². The first-order valence-electron chi connectivity index (χ1n) is 20.2. The zero-order valence-electron chi connectivity index (χ0n) is 35.5. The first-order chi connectivity index (χ1) is 31.0. The summed E-state index contributed by atoms with van der Waals surface area (Å²) in [7, 11) is 0. The lowest BCUT2D eigenvalue weighted by molar-refractivity contribution is -0.114. The molecule has 0 bridgehead atoms. The summed E-state index contributed by atoms with van der Waals surface area (Å²) < 4.78 is 60.2. The molecule has 0 spiro atoms. The van der Waals surface area contributed by atoms with Crippen molar-refractivity contribution in [2.24, 2.45) is 0 Å². The van der Waals surface area contributed by atoms with Crippen LogP contribution in [0, 0.1) is 5.82 Å². The first kappa shape index (κ1) is 44.9. The molecule has 0 saturated carbocycles. The maximum Gasteiger partial charge on any atom is 0.426 e. The molecule has 1 aliphatic rings. The zero-order valence-corrected chi connectivity index (χ0v) is 35.5. The van der Waals surface area contributed by atoms with Crippen molar-refractivity contribution in [3.63, 3.8) is 0 Å². The fourth-order valence-corrected chi connectivity index (χ4v) is 7.43. The highest BCUT2D eigenvalue weighted by molar-refractivity contribution is 6.30. The molecule has 65 heavy (non-hydrogen) atoms. The second-order valence-corrected chi connectivity index (χ2v) is 15.8. The molecular formula is C49H43F3N6O7. The predicted octanol–water partition coefficient (Wildman–Crippen LogP) is 10.1. The van der Waals surface area contributed by atoms with Crippen LogP contribution in [-0.4, -0.2) is 40.5 Å². The van der Waals surface area contributed by atoms with E-state index in [0.29, 0.717) is 22.3 Å². The number of nitrogens with one attached hydrogen (secondary N) is 5. The van der Waals surface area contributed by atoms with Crippen LogP contribution in [0.4, 0.5) is 45.5 Å². The molecule has 1 heterocycles. The fourth-order valence-electron chi connectivity index (χ4n) is 7.43. The van der Waals surface area contributed by atoms with Crippen molar-refractivity contribution >= 4 is 52.7 Å². The van der Waals surface area contributed by atoms with E-state index in [1.807, 2.05) is 0 Å². The number of hydrazine groups is 1. The van der Waals surface area contributed by atoms with Crippen molar-refractivity contribution in [2.45, 2.75) is 51.5 Å². The van der Waals surface area contributed by atoms with E-state index in [9.17, 15) is 24.0 Å². The molecule has 0 saturated heterocycles. The summed E-state index contributed by atoms with van der Waals surface area (Å²) in [6.07, 6.45) is -2.46. The van der Waals surface area contributed by atoms with E-state index in [0.717, 1.165) is 19.1 Å². The highest BCUT2D eigenvalue weighted by atomic mass is 19.3. The minimum atomic E-state index is -4.36. The Morgan fingerprint density at radius 3 is 1.55 bits per heavy atom. The topological polar surface area (TPSA) is 167 Å². The van der Waals surface area contributed by atoms with Crippen molar-refractivity contribution in [1.82, 2.24) is 10.4 Å². The van der Waals surface area contributed by atoms with Crippen molar-refractivity contribution in [2.75, 3.05) is 21.3 Å². The third-order valence-corrected chi connectivity index (χ3v) is 10.1. The van der Waals surface area contributed by atoms with Gasteiger partial charge in [-0.05, 0) is 55.2 Å². The predicted molar refractivity (Wildman–Crippen MR) is 238 cm³/mol. The van der Waals surface area contributed by atoms with Crippen LogP contribution < -0.4 is 26.7 Å². The standard InChI is InChI=1S/C49H43F3N6O7/c1-30(59)53-41-39(54-45(62)65-47(2,3)4)37-38(44(61)58(43(37)60)57-46(63)64-29-31-19-9-5-10-20-31)40(56-49(51,52)35-27-17-18-28-36(35)50)42(41)55-48(32-21-11-6-12-22-32,33-23-13-7-14-24-33)34-25-15-8-16-26-34/h5-28,55-56H,29H2,1-4H3,(H,53,59)(H,54,62)(H,57,63). The number of amides is 5. The average Bonchev–Trinajstić information content (AvgIpc) is 3.52. The molecule has 16 heteroatoms. The number of anilines is 4. The van der Waals surface area contributed by atoms with E-state index in [2.05, 4.69) is 26.7 Å². The number of nitrogens with zero attached hydrogens (tertiary/aromatic N) is 1. The number of benzene rings is 6. The van der Waals surface area contributed by atoms with Gasteiger partial charge in [-0.2, -0.15) is 13.8 Å². The Hall–Kier alpha value is -8.14. The quantitative estimate of drug-likeness (QED) is 0.0431. The van der Waals surface area contributed by atoms with Crippen LogP contribution >= 0.6 is 0 Å². The van der Waals surface area contributed by atoms with Gasteiger partial charge in [0.1, 0.15) is 23.6 Å². The molecule has 0 unspecified atom stereocenters. The van der Waals surface area contributed by atoms with Crippen LogP contribution in [0.2, 0.25) is 0 Å². The van der Waals surface area contributed by atoms with Gasteiger partial charge < -0.3 is 25.4 Å². The molecule has 0 aromatic heterocycles. The highest BCUT2D eigenvalue weighted by Crippen LogP contribution is 2.52. The van der Waals surface area contributed by atoms with Crippen LogP contribution in [0.1, 0.15) is 76.2 Å². The van der Waals surface area contributed by atoms with Crippen molar-refractivity contribution in [3.05, 3.63) is 190 Å². The summed E-state index contributed by atoms with van der Waals surface area (Å²) in [5.41, 5.74) is -3.62. The number of carbonyl (C=O) groups excluding carboxylic acids is 5. The maximum atomic E-state index is 17.0. The van der Waals surface area contributed by atoms with Gasteiger partial charge >= 0.3 is 18.2 Å². The fraction of sp³-hybridized carbons (Fsp3) is 0.163. The summed E-state index contributed by atoms with van der Waals surface area (Å²) in [4.78, 5) is 70.0. The molecule has 0 radical (unpaired) electrons. The van der Waals surface area contributed by atoms with Crippen LogP contribution in [-0.2, 0) is 32.5 Å². The number of rotatable bonds is 13. The van der Waals surface area contributed by atoms with Crippen molar-refractivity contribution in [3.8, 4) is 0 Å². The van der Waals surface area contributed by atoms with Gasteiger partial charge in [-0.3, -0.25) is 19.7 Å². The van der Waals surface area contributed by atoms with E-state index in [4.69, 9.17) is 9.47 Å². The lowest BCUT2D eigenvalue weighted by Crippen LogP contribution is -2.46. The van der Waals surface area contributed by atoms with Gasteiger partial charge in [0.2, 0.25) is 5.91 Å². The number of carbonyl (C=O) groups is 5. The van der Waals surface area contributed by atoms with Crippen LogP contribution in [0.5, 0.6) is 0 Å². The third-order valence-electron chi connectivity index (χ3n) is 10.1. The molecule has 7 rings (SSSR count). The zero-order chi connectivity index (χ0) is 46.5. The van der Waals surface area contributed by atoms with E-state index in [-0.39, 0.29) is 11.6 Å². The second kappa shape index (κ2) is 18.3. The maximum absolute atomic E-state index is 17.0. The van der Waals surface area contributed by atoms with Crippen molar-refractivity contribution in [1.29, 1.82) is 0 Å². The minimum Gasteiger partial charge on any atom is -0.444 e. The Morgan fingerprint density at radius 1 is 0.585 bits per heavy atom. The summed E-state index contributed by atoms with van der Waals surface area (Å²) in [6.45, 7) is 5.49. The van der Waals surface area contributed by atoms with Gasteiger partial charge in [0.25, 0.3) is 11.8 Å². The molecule has 5 amide bonds. The highest BCUT2D eigenvalue weighted by Gasteiger charge is 2.49. The molecule has 0 fully saturated rings. The first-order valence-corrected chi connectivity index (χ1v) is 20.2. The summed E-state index contributed by atoms with van der Waals surface area (Å²) in [6, 6.07) is 34.5. The molecular weight excluding hydrogens is 842 g/mol. The van der Waals surface area contributed by atoms with Crippen molar-refractivity contribution < 1.29 is 46.6 Å². The summed E-state index contributed by atoms with van der Waals surface area (Å²) >= 11 is 0. The van der Waals surface area contributed by atoms with Gasteiger partial charge in [0, 0.05) is 6.92 Å². The molecule has 332 valence electrons. The number of halogens is 3. The Balaban J connectivity index is 1.56. The van der Waals surface area contributed by atoms with Crippen LogP contribution in [0.15, 0.2) is 146 Å². The SMILES string of the molecule is CC(=O)Nc1c(NC(c2ccccc2)(c2ccccc2)c2ccccc2)c(NC(F)(F)c2ccccc2F)c2c(c1NC(=O)OC(C)(C)C)C(=O)N(NC(=O)OCc1ccccc1)C2=O. The largest absolute Gasteiger partial charge is 0.444 e. The lowest BCUT2D eigenvalue weighted by atomic mass is 9.76. The second-order valence-electron chi connectivity index (χ2n) is 15.8. The van der Waals surface area contributed by atoms with E-state index < -0.39 is 92.4 Å². The number of alkyl halides is 2. The number of hydrogen-bond acceptors (Lipinski definition) is 9. The van der Waals surface area contributed by atoms with E-state index in [1.54, 1.807) is 142 Å². The molecule has 0 atom stereocenters. The normalized spacial score (nSPS) is 12.5. The Bertz CT molecular complexity index is 2660. The molecule has 0 aliphatic carbocycles. The molecule has 6 aromatic rings. The summed E-state index contributed by atoms with van der Waals surface area (Å²) in [5.74, 6) is -4.83. The lowest BCUT2D eigenvalue weighted by Gasteiger charge is -2.40. The Kier molecular flexibility index (Phi) is 12.6. The number of ether oxygens (including phenoxy) is 2. The average molecular weight is 885 g/mol. The minimum absolute atomic E-state index is 0.227. The molecule has 1 aliphatic heterocycles. The molecule has 13 nitrogen and oxygen atoms in total. The monoisotopic (exact) mass is 884 g/mol. The van der Waals surface area contributed by atoms with Gasteiger partial charge in [0.15, 0.2) is 0 Å². The third kappa shape index (κ3) is 9.46. The van der Waals surface area contributed by atoms with E-state index >= 15 is 13.2 Å².